The van der Waals surface area contributed by atoms with E-state index in [1.54, 1.807) is 24.3 Å². The highest BCUT2D eigenvalue weighted by Crippen LogP contribution is 2.12. The summed E-state index contributed by atoms with van der Waals surface area (Å²) < 4.78 is 0. The lowest BCUT2D eigenvalue weighted by Gasteiger charge is -2.07. The SMILES string of the molecule is NC(=O)c1ncccc1NC(=O)[CH]c1ccccc1. The van der Waals surface area contributed by atoms with Gasteiger partial charge in [0.2, 0.25) is 5.91 Å². The number of benzene rings is 1. The number of hydrogen-bond donors (Lipinski definition) is 2. The van der Waals surface area contributed by atoms with Crippen LogP contribution in [0.1, 0.15) is 16.1 Å². The van der Waals surface area contributed by atoms with Crippen molar-refractivity contribution in [1.29, 1.82) is 0 Å². The highest BCUT2D eigenvalue weighted by atomic mass is 16.2. The van der Waals surface area contributed by atoms with Crippen LogP contribution in [0.25, 0.3) is 0 Å². The van der Waals surface area contributed by atoms with Crippen molar-refractivity contribution in [3.63, 3.8) is 0 Å². The van der Waals surface area contributed by atoms with Crippen LogP contribution in [0.2, 0.25) is 0 Å². The number of anilines is 1. The zero-order chi connectivity index (χ0) is 13.7. The number of nitrogens with zero attached hydrogens (tertiary/aromatic N) is 1. The normalized spacial score (nSPS) is 9.89. The standard InChI is InChI=1S/C14H12N3O2/c15-14(19)13-11(7-4-8-16-13)17-12(18)9-10-5-2-1-3-6-10/h1-9H,(H2,15,19)(H,17,18). The summed E-state index contributed by atoms with van der Waals surface area (Å²) in [5, 5.41) is 2.58. The van der Waals surface area contributed by atoms with E-state index in [1.165, 1.54) is 12.6 Å². The second-order valence-electron chi connectivity index (χ2n) is 3.81. The van der Waals surface area contributed by atoms with Crippen molar-refractivity contribution in [2.24, 2.45) is 5.73 Å². The number of carbonyl (C=O) groups excluding carboxylic acids is 2. The first-order valence-electron chi connectivity index (χ1n) is 5.62. The fourth-order valence-corrected chi connectivity index (χ4v) is 1.57. The Labute approximate surface area is 110 Å². The minimum Gasteiger partial charge on any atom is -0.364 e. The molecule has 0 saturated carbocycles. The van der Waals surface area contributed by atoms with Crippen LogP contribution in [-0.4, -0.2) is 16.8 Å². The van der Waals surface area contributed by atoms with E-state index in [1.807, 2.05) is 18.2 Å². The molecule has 5 nitrogen and oxygen atoms in total. The fraction of sp³-hybridized carbons (Fsp3) is 0. The predicted octanol–water partition coefficient (Wildman–Crippen LogP) is 1.37. The lowest BCUT2D eigenvalue weighted by Crippen LogP contribution is -2.19. The first-order valence-corrected chi connectivity index (χ1v) is 5.62. The average molecular weight is 254 g/mol. The van der Waals surface area contributed by atoms with E-state index in [9.17, 15) is 9.59 Å². The molecule has 3 N–H and O–H groups in total. The van der Waals surface area contributed by atoms with Crippen LogP contribution in [-0.2, 0) is 4.79 Å². The number of primary amides is 1. The van der Waals surface area contributed by atoms with Gasteiger partial charge in [-0.05, 0) is 17.7 Å². The number of nitrogens with one attached hydrogen (secondary N) is 1. The van der Waals surface area contributed by atoms with Crippen LogP contribution < -0.4 is 11.1 Å². The molecule has 0 atom stereocenters. The Morgan fingerprint density at radius 3 is 2.53 bits per heavy atom. The molecule has 2 rings (SSSR count). The molecule has 1 heterocycles. The van der Waals surface area contributed by atoms with Crippen LogP contribution in [0.3, 0.4) is 0 Å². The van der Waals surface area contributed by atoms with Crippen molar-refractivity contribution in [3.05, 3.63) is 66.3 Å². The van der Waals surface area contributed by atoms with Crippen molar-refractivity contribution >= 4 is 17.5 Å². The Bertz CT molecular complexity index is 597. The molecule has 5 heteroatoms. The molecule has 1 aromatic carbocycles. The molecule has 0 unspecified atom stereocenters. The van der Waals surface area contributed by atoms with Gasteiger partial charge in [-0.15, -0.1) is 0 Å². The Morgan fingerprint density at radius 2 is 1.84 bits per heavy atom. The van der Waals surface area contributed by atoms with Crippen molar-refractivity contribution in [2.75, 3.05) is 5.32 Å². The van der Waals surface area contributed by atoms with Crippen LogP contribution >= 0.6 is 0 Å². The van der Waals surface area contributed by atoms with E-state index < -0.39 is 5.91 Å². The second kappa shape index (κ2) is 5.77. The van der Waals surface area contributed by atoms with E-state index in [0.717, 1.165) is 5.56 Å². The van der Waals surface area contributed by atoms with Crippen molar-refractivity contribution < 1.29 is 9.59 Å². The molecule has 0 aliphatic heterocycles. The molecule has 0 fully saturated rings. The smallest absolute Gasteiger partial charge is 0.269 e. The summed E-state index contributed by atoms with van der Waals surface area (Å²) in [4.78, 5) is 26.8. The first kappa shape index (κ1) is 12.8. The molecule has 2 aromatic rings. The van der Waals surface area contributed by atoms with Gasteiger partial charge in [-0.25, -0.2) is 4.98 Å². The molecule has 0 spiro atoms. The third-order valence-corrected chi connectivity index (χ3v) is 2.40. The number of amides is 2. The molecule has 0 aliphatic rings. The summed E-state index contributed by atoms with van der Waals surface area (Å²) in [7, 11) is 0. The van der Waals surface area contributed by atoms with Gasteiger partial charge in [0.15, 0.2) is 5.69 Å². The van der Waals surface area contributed by atoms with Gasteiger partial charge in [-0.3, -0.25) is 9.59 Å². The minimum atomic E-state index is -0.685. The lowest BCUT2D eigenvalue weighted by molar-refractivity contribution is -0.112. The summed E-state index contributed by atoms with van der Waals surface area (Å²) in [6.07, 6.45) is 2.87. The minimum absolute atomic E-state index is 0.0392. The van der Waals surface area contributed by atoms with Crippen molar-refractivity contribution in [3.8, 4) is 0 Å². The maximum Gasteiger partial charge on any atom is 0.269 e. The maximum absolute atomic E-state index is 11.8. The van der Waals surface area contributed by atoms with Gasteiger partial charge in [0.25, 0.3) is 5.91 Å². The van der Waals surface area contributed by atoms with E-state index in [-0.39, 0.29) is 11.6 Å². The van der Waals surface area contributed by atoms with Gasteiger partial charge in [-0.1, -0.05) is 30.3 Å². The summed E-state index contributed by atoms with van der Waals surface area (Å²) in [5.41, 5.74) is 6.29. The molecular weight excluding hydrogens is 242 g/mol. The Hall–Kier alpha value is -2.69. The molecule has 0 saturated heterocycles. The van der Waals surface area contributed by atoms with Gasteiger partial charge in [0.1, 0.15) is 0 Å². The summed E-state index contributed by atoms with van der Waals surface area (Å²) in [5.74, 6) is -1.03. The molecule has 95 valence electrons. The van der Waals surface area contributed by atoms with Crippen LogP contribution in [0.15, 0.2) is 48.7 Å². The molecule has 0 aliphatic carbocycles. The number of nitrogens with two attached hydrogens (primary N) is 1. The topological polar surface area (TPSA) is 85.1 Å². The highest BCUT2D eigenvalue weighted by molar-refractivity contribution is 6.05. The Kier molecular flexibility index (Phi) is 3.87. The Balaban J connectivity index is 2.09. The zero-order valence-corrected chi connectivity index (χ0v) is 10.0. The largest absolute Gasteiger partial charge is 0.364 e. The van der Waals surface area contributed by atoms with E-state index in [0.29, 0.717) is 5.69 Å². The van der Waals surface area contributed by atoms with E-state index >= 15 is 0 Å². The van der Waals surface area contributed by atoms with Gasteiger partial charge in [-0.2, -0.15) is 0 Å². The third-order valence-electron chi connectivity index (χ3n) is 2.40. The molecule has 19 heavy (non-hydrogen) atoms. The Morgan fingerprint density at radius 1 is 1.11 bits per heavy atom. The number of pyridine rings is 1. The molecule has 0 bridgehead atoms. The van der Waals surface area contributed by atoms with Crippen LogP contribution in [0.5, 0.6) is 0 Å². The summed E-state index contributed by atoms with van der Waals surface area (Å²) in [6, 6.07) is 12.3. The number of hydrogen-bond acceptors (Lipinski definition) is 3. The quantitative estimate of drug-likeness (QED) is 0.864. The van der Waals surface area contributed by atoms with Crippen LogP contribution in [0, 0.1) is 6.42 Å². The van der Waals surface area contributed by atoms with Crippen LogP contribution in [0.4, 0.5) is 5.69 Å². The molecule has 2 amide bonds. The van der Waals surface area contributed by atoms with Gasteiger partial charge in [0.05, 0.1) is 12.1 Å². The monoisotopic (exact) mass is 254 g/mol. The summed E-state index contributed by atoms with van der Waals surface area (Å²) in [6.45, 7) is 0. The van der Waals surface area contributed by atoms with E-state index in [4.69, 9.17) is 5.73 Å². The third kappa shape index (κ3) is 3.38. The maximum atomic E-state index is 11.8. The summed E-state index contributed by atoms with van der Waals surface area (Å²) >= 11 is 0. The van der Waals surface area contributed by atoms with Gasteiger partial charge < -0.3 is 11.1 Å². The zero-order valence-electron chi connectivity index (χ0n) is 10.0. The average Bonchev–Trinajstić information content (AvgIpc) is 2.40. The number of aromatic nitrogens is 1. The molecule has 1 radical (unpaired) electrons. The molecule has 1 aromatic heterocycles. The second-order valence-corrected chi connectivity index (χ2v) is 3.81. The van der Waals surface area contributed by atoms with Gasteiger partial charge in [0, 0.05) is 6.20 Å². The fourth-order valence-electron chi connectivity index (χ4n) is 1.57. The molecular formula is C14H12N3O2. The number of rotatable bonds is 4. The number of carbonyl (C=O) groups is 2. The van der Waals surface area contributed by atoms with Crippen molar-refractivity contribution in [1.82, 2.24) is 4.98 Å². The van der Waals surface area contributed by atoms with Gasteiger partial charge >= 0.3 is 0 Å². The van der Waals surface area contributed by atoms with E-state index in [2.05, 4.69) is 10.3 Å². The van der Waals surface area contributed by atoms with Crippen molar-refractivity contribution in [2.45, 2.75) is 0 Å². The predicted molar refractivity (Wildman–Crippen MR) is 71.2 cm³/mol. The first-order chi connectivity index (χ1) is 9.16. The highest BCUT2D eigenvalue weighted by Gasteiger charge is 2.12. The lowest BCUT2D eigenvalue weighted by atomic mass is 10.1.